The monoisotopic (exact) mass is 569 g/mol. The lowest BCUT2D eigenvalue weighted by atomic mass is 9.60. The normalized spacial score (nSPS) is 22.6. The van der Waals surface area contributed by atoms with E-state index >= 15 is 0 Å². The lowest BCUT2D eigenvalue weighted by Gasteiger charge is -2.53. The summed E-state index contributed by atoms with van der Waals surface area (Å²) in [4.78, 5) is 15.1. The molecule has 0 unspecified atom stereocenters. The Morgan fingerprint density at radius 3 is 2.20 bits per heavy atom. The zero-order valence-electron chi connectivity index (χ0n) is 26.9. The van der Waals surface area contributed by atoms with Gasteiger partial charge in [-0.25, -0.2) is 4.79 Å². The highest BCUT2D eigenvalue weighted by Gasteiger charge is 2.53. The van der Waals surface area contributed by atoms with Crippen LogP contribution in [0.25, 0.3) is 0 Å². The van der Waals surface area contributed by atoms with Crippen LogP contribution < -0.4 is 0 Å². The molecule has 0 saturated carbocycles. The maximum atomic E-state index is 13.3. The van der Waals surface area contributed by atoms with Crippen molar-refractivity contribution >= 4 is 14.4 Å². The third kappa shape index (κ3) is 6.70. The fourth-order valence-corrected chi connectivity index (χ4v) is 12.8. The summed E-state index contributed by atoms with van der Waals surface area (Å²) in [5.74, 6) is 1.24. The van der Waals surface area contributed by atoms with Gasteiger partial charge in [0.15, 0.2) is 0 Å². The van der Waals surface area contributed by atoms with E-state index in [4.69, 9.17) is 13.9 Å². The number of rotatable bonds is 9. The van der Waals surface area contributed by atoms with E-state index in [-0.39, 0.29) is 17.4 Å². The summed E-state index contributed by atoms with van der Waals surface area (Å²) in [5.41, 5.74) is 4.00. The molecule has 6 heteroatoms. The van der Waals surface area contributed by atoms with Gasteiger partial charge in [-0.2, -0.15) is 0 Å². The average Bonchev–Trinajstić information content (AvgIpc) is 2.86. The van der Waals surface area contributed by atoms with Crippen LogP contribution in [-0.2, 0) is 20.5 Å². The minimum Gasteiger partial charge on any atom is -0.546 e. The Balaban J connectivity index is 2.00. The van der Waals surface area contributed by atoms with Crippen molar-refractivity contribution in [1.82, 2.24) is 4.90 Å². The zero-order chi connectivity index (χ0) is 29.9. The molecule has 0 aromatic heterocycles. The highest BCUT2D eigenvalue weighted by atomic mass is 28.4. The van der Waals surface area contributed by atoms with Crippen molar-refractivity contribution in [2.45, 2.75) is 124 Å². The molecule has 1 fully saturated rings. The molecule has 1 spiro atoms. The topological polar surface area (TPSA) is 48.0 Å². The van der Waals surface area contributed by atoms with Crippen LogP contribution in [0.15, 0.2) is 53.9 Å². The van der Waals surface area contributed by atoms with Crippen LogP contribution in [0, 0.1) is 11.3 Å². The maximum Gasteiger partial charge on any atom is 0.414 e. The summed E-state index contributed by atoms with van der Waals surface area (Å²) >= 11 is 0. The van der Waals surface area contributed by atoms with Gasteiger partial charge < -0.3 is 13.9 Å². The Bertz CT molecular complexity index is 1030. The van der Waals surface area contributed by atoms with Crippen LogP contribution in [0.4, 0.5) is 4.79 Å². The van der Waals surface area contributed by atoms with E-state index in [0.29, 0.717) is 36.4 Å². The highest BCUT2D eigenvalue weighted by molar-refractivity contribution is 6.77. The lowest BCUT2D eigenvalue weighted by molar-refractivity contribution is -0.00655. The molecule has 1 amide bonds. The Kier molecular flexibility index (Phi) is 10.4. The van der Waals surface area contributed by atoms with Crippen molar-refractivity contribution < 1.29 is 18.7 Å². The second kappa shape index (κ2) is 12.9. The Labute approximate surface area is 245 Å². The minimum absolute atomic E-state index is 0.0795. The molecule has 0 bridgehead atoms. The van der Waals surface area contributed by atoms with Crippen LogP contribution in [0.1, 0.15) is 100 Å². The number of carbonyl (C=O) groups excluding carboxylic acids is 1. The number of hydrogen-bond acceptors (Lipinski definition) is 4. The number of carbonyl (C=O) groups is 1. The van der Waals surface area contributed by atoms with Crippen molar-refractivity contribution in [2.75, 3.05) is 13.2 Å². The van der Waals surface area contributed by atoms with E-state index < -0.39 is 13.9 Å². The Morgan fingerprint density at radius 2 is 1.65 bits per heavy atom. The lowest BCUT2D eigenvalue weighted by Crippen LogP contribution is -2.52. The molecular formula is C34H55NO4Si. The fourth-order valence-electron chi connectivity index (χ4n) is 7.43. The van der Waals surface area contributed by atoms with E-state index in [1.807, 2.05) is 39.0 Å². The first kappa shape index (κ1) is 32.5. The molecule has 2 aliphatic rings. The molecular weight excluding hydrogens is 514 g/mol. The van der Waals surface area contributed by atoms with Gasteiger partial charge in [0.1, 0.15) is 5.60 Å². The van der Waals surface area contributed by atoms with Gasteiger partial charge in [-0.1, -0.05) is 78.5 Å². The first-order chi connectivity index (χ1) is 18.7. The molecule has 3 rings (SSSR count). The van der Waals surface area contributed by atoms with E-state index in [9.17, 15) is 4.79 Å². The van der Waals surface area contributed by atoms with Gasteiger partial charge >= 0.3 is 6.09 Å². The van der Waals surface area contributed by atoms with E-state index in [2.05, 4.69) is 67.2 Å². The van der Waals surface area contributed by atoms with Crippen molar-refractivity contribution in [3.63, 3.8) is 0 Å². The molecule has 1 heterocycles. The number of ether oxygens (including phenoxy) is 2. The number of amides is 1. The van der Waals surface area contributed by atoms with Crippen LogP contribution in [-0.4, -0.2) is 38.1 Å². The number of likely N-dealkylation sites (tertiary alicyclic amines) is 1. The summed E-state index contributed by atoms with van der Waals surface area (Å²) < 4.78 is 19.6. The van der Waals surface area contributed by atoms with Gasteiger partial charge in [0.25, 0.3) is 8.32 Å². The third-order valence-corrected chi connectivity index (χ3v) is 15.4. The van der Waals surface area contributed by atoms with Crippen LogP contribution in [0.2, 0.25) is 16.6 Å². The summed E-state index contributed by atoms with van der Waals surface area (Å²) in [7, 11) is -2.11. The van der Waals surface area contributed by atoms with Gasteiger partial charge in [-0.15, -0.1) is 0 Å². The van der Waals surface area contributed by atoms with Crippen LogP contribution in [0.3, 0.4) is 0 Å². The molecule has 0 radical (unpaired) electrons. The van der Waals surface area contributed by atoms with Crippen LogP contribution in [0.5, 0.6) is 0 Å². The van der Waals surface area contributed by atoms with Gasteiger partial charge in [-0.3, -0.25) is 4.90 Å². The first-order valence-corrected chi connectivity index (χ1v) is 17.5. The van der Waals surface area contributed by atoms with Gasteiger partial charge in [0, 0.05) is 30.0 Å². The SMILES string of the molecule is C=C1N(C(=O)OC(C)(C)C)CCC[C@@]12CCC(O[Si](C(C)C)(C(C)C)C(C)C)=C(C)[C@@H]2COCc1ccccc1. The quantitative estimate of drug-likeness (QED) is 0.278. The molecule has 1 saturated heterocycles. The van der Waals surface area contributed by atoms with E-state index in [1.54, 1.807) is 4.90 Å². The van der Waals surface area contributed by atoms with Crippen LogP contribution >= 0.6 is 0 Å². The summed E-state index contributed by atoms with van der Waals surface area (Å²) in [5, 5.41) is 0. The fraction of sp³-hybridized carbons (Fsp3) is 0.676. The molecule has 1 aromatic carbocycles. The summed E-state index contributed by atoms with van der Waals surface area (Å²) in [6.45, 7) is 28.4. The summed E-state index contributed by atoms with van der Waals surface area (Å²) in [6, 6.07) is 10.3. The molecule has 224 valence electrons. The second-order valence-electron chi connectivity index (χ2n) is 13.9. The number of benzene rings is 1. The second-order valence-corrected chi connectivity index (χ2v) is 19.3. The maximum absolute atomic E-state index is 13.3. The smallest absolute Gasteiger partial charge is 0.414 e. The number of piperidine rings is 1. The minimum atomic E-state index is -2.11. The van der Waals surface area contributed by atoms with E-state index in [1.165, 1.54) is 5.57 Å². The molecule has 0 N–H and O–H groups in total. The van der Waals surface area contributed by atoms with Crippen molar-refractivity contribution in [3.8, 4) is 0 Å². The molecule has 5 nitrogen and oxygen atoms in total. The third-order valence-electron chi connectivity index (χ3n) is 9.35. The molecule has 1 aliphatic carbocycles. The van der Waals surface area contributed by atoms with Crippen molar-refractivity contribution in [2.24, 2.45) is 11.3 Å². The standard InChI is InChI=1S/C34H55NO4Si/c1-24(2)40(25(3)4,26(5)6)39-31-18-20-34(19-15-21-35(28(34)8)32(36)38-33(9,10)11)30(27(31)7)23-37-22-29-16-13-12-14-17-29/h12-14,16-17,24-26,30H,8,15,18-23H2,1-7,9-11H3/t30-,34+/m0/s1. The van der Waals surface area contributed by atoms with Crippen molar-refractivity contribution in [1.29, 1.82) is 0 Å². The highest BCUT2D eigenvalue weighted by Crippen LogP contribution is 2.56. The Morgan fingerprint density at radius 1 is 1.05 bits per heavy atom. The van der Waals surface area contributed by atoms with Gasteiger partial charge in [0.05, 0.1) is 19.0 Å². The van der Waals surface area contributed by atoms with E-state index in [0.717, 1.165) is 42.7 Å². The predicted octanol–water partition coefficient (Wildman–Crippen LogP) is 9.61. The van der Waals surface area contributed by atoms with Gasteiger partial charge in [-0.05, 0) is 74.7 Å². The molecule has 1 aromatic rings. The average molecular weight is 570 g/mol. The van der Waals surface area contributed by atoms with Gasteiger partial charge in [0.2, 0.25) is 0 Å². The predicted molar refractivity (Wildman–Crippen MR) is 167 cm³/mol. The molecule has 2 atom stereocenters. The number of nitrogens with zero attached hydrogens (tertiary/aromatic N) is 1. The first-order valence-electron chi connectivity index (χ1n) is 15.4. The molecule has 1 aliphatic heterocycles. The largest absolute Gasteiger partial charge is 0.546 e. The number of allylic oxidation sites excluding steroid dienone is 2. The number of hydrogen-bond donors (Lipinski definition) is 0. The summed E-state index contributed by atoms with van der Waals surface area (Å²) in [6.07, 6.45) is 3.37. The van der Waals surface area contributed by atoms with Crippen molar-refractivity contribution in [3.05, 3.63) is 59.5 Å². The zero-order valence-corrected chi connectivity index (χ0v) is 27.9. The molecule has 40 heavy (non-hydrogen) atoms. The Hall–Kier alpha value is -2.05.